The molecule has 0 spiro atoms. The van der Waals surface area contributed by atoms with Crippen molar-refractivity contribution >= 4 is 10.8 Å². The van der Waals surface area contributed by atoms with E-state index in [1.165, 1.54) is 12.8 Å². The summed E-state index contributed by atoms with van der Waals surface area (Å²) in [4.78, 5) is 0. The summed E-state index contributed by atoms with van der Waals surface area (Å²) >= 11 is 0. The molecule has 0 saturated heterocycles. The highest BCUT2D eigenvalue weighted by atomic mass is 16.5. The summed E-state index contributed by atoms with van der Waals surface area (Å²) in [5, 5.41) is 12.0. The van der Waals surface area contributed by atoms with Crippen LogP contribution in [-0.2, 0) is 5.54 Å². The van der Waals surface area contributed by atoms with Gasteiger partial charge < -0.3 is 15.6 Å². The second-order valence-electron chi connectivity index (χ2n) is 10.8. The third-order valence-corrected chi connectivity index (χ3v) is 7.22. The number of hydrogen-bond acceptors (Lipinski definition) is 3. The van der Waals surface area contributed by atoms with E-state index >= 15 is 0 Å². The molecule has 1 saturated carbocycles. The van der Waals surface area contributed by atoms with E-state index in [1.54, 1.807) is 0 Å². The van der Waals surface area contributed by atoms with E-state index in [4.69, 9.17) is 10.5 Å². The lowest BCUT2D eigenvalue weighted by atomic mass is 9.72. The van der Waals surface area contributed by atoms with E-state index < -0.39 is 5.54 Å². The number of benzene rings is 3. The van der Waals surface area contributed by atoms with Crippen LogP contribution in [0.2, 0.25) is 0 Å². The van der Waals surface area contributed by atoms with Crippen molar-refractivity contribution in [2.75, 3.05) is 6.61 Å². The number of rotatable bonds is 5. The Bertz CT molecular complexity index is 1060. The summed E-state index contributed by atoms with van der Waals surface area (Å²) in [6, 6.07) is 21.0. The third-order valence-electron chi connectivity index (χ3n) is 7.22. The predicted octanol–water partition coefficient (Wildman–Crippen LogP) is 6.66. The van der Waals surface area contributed by atoms with E-state index in [0.717, 1.165) is 52.0 Å². The van der Waals surface area contributed by atoms with Crippen molar-refractivity contribution in [1.29, 1.82) is 0 Å². The van der Waals surface area contributed by atoms with Crippen molar-refractivity contribution in [3.05, 3.63) is 66.2 Å². The van der Waals surface area contributed by atoms with Crippen molar-refractivity contribution in [3.8, 4) is 16.9 Å². The smallest absolute Gasteiger partial charge is 0.128 e. The minimum atomic E-state index is -0.762. The van der Waals surface area contributed by atoms with Gasteiger partial charge in [-0.05, 0) is 78.0 Å². The van der Waals surface area contributed by atoms with Crippen LogP contribution in [0.1, 0.15) is 58.9 Å². The molecule has 0 bridgehead atoms. The molecular formula is C29H37NO2. The van der Waals surface area contributed by atoms with Gasteiger partial charge in [0.1, 0.15) is 5.75 Å². The molecule has 3 nitrogen and oxygen atoms in total. The van der Waals surface area contributed by atoms with E-state index in [9.17, 15) is 5.11 Å². The molecule has 3 aromatic carbocycles. The summed E-state index contributed by atoms with van der Waals surface area (Å²) in [5.41, 5.74) is 9.12. The lowest BCUT2D eigenvalue weighted by Gasteiger charge is -2.37. The molecule has 32 heavy (non-hydrogen) atoms. The van der Waals surface area contributed by atoms with Crippen LogP contribution in [0.15, 0.2) is 60.7 Å². The standard InChI is InChI=1S/C29H37NO2/c1-28(2,3)22-11-14-24(15-12-22)32-26-17-10-21-18-23(29(4,30)19-31)13-16-25(21)27(26)20-8-6-5-7-9-20/h5-10,13,16-18,22,24,31H,11-12,14-15,19,30H2,1-4H3. The topological polar surface area (TPSA) is 55.5 Å². The fourth-order valence-electron chi connectivity index (χ4n) is 4.98. The van der Waals surface area contributed by atoms with Crippen molar-refractivity contribution in [1.82, 2.24) is 0 Å². The van der Waals surface area contributed by atoms with Crippen molar-refractivity contribution in [3.63, 3.8) is 0 Å². The van der Waals surface area contributed by atoms with Crippen LogP contribution in [0.5, 0.6) is 5.75 Å². The summed E-state index contributed by atoms with van der Waals surface area (Å²) in [5.74, 6) is 1.72. The quantitative estimate of drug-likeness (QED) is 0.475. The van der Waals surface area contributed by atoms with Crippen molar-refractivity contribution < 1.29 is 9.84 Å². The summed E-state index contributed by atoms with van der Waals surface area (Å²) in [6.45, 7) is 8.83. The molecule has 0 aromatic heterocycles. The molecule has 1 aliphatic rings. The highest BCUT2D eigenvalue weighted by Gasteiger charge is 2.31. The van der Waals surface area contributed by atoms with Crippen LogP contribution < -0.4 is 10.5 Å². The normalized spacial score (nSPS) is 21.3. The highest BCUT2D eigenvalue weighted by Crippen LogP contribution is 2.42. The molecule has 170 valence electrons. The van der Waals surface area contributed by atoms with Gasteiger partial charge in [-0.2, -0.15) is 0 Å². The fraction of sp³-hybridized carbons (Fsp3) is 0.448. The van der Waals surface area contributed by atoms with Crippen LogP contribution >= 0.6 is 0 Å². The molecule has 1 fully saturated rings. The van der Waals surface area contributed by atoms with Gasteiger partial charge in [-0.15, -0.1) is 0 Å². The van der Waals surface area contributed by atoms with Crippen LogP contribution in [0.3, 0.4) is 0 Å². The number of fused-ring (bicyclic) bond motifs is 1. The van der Waals surface area contributed by atoms with Gasteiger partial charge >= 0.3 is 0 Å². The summed E-state index contributed by atoms with van der Waals surface area (Å²) in [6.07, 6.45) is 4.92. The Morgan fingerprint density at radius 1 is 0.906 bits per heavy atom. The zero-order valence-corrected chi connectivity index (χ0v) is 19.9. The molecular weight excluding hydrogens is 394 g/mol. The Hall–Kier alpha value is -2.36. The number of ether oxygens (including phenoxy) is 1. The molecule has 3 N–H and O–H groups in total. The van der Waals surface area contributed by atoms with Gasteiger partial charge in [0, 0.05) is 5.56 Å². The maximum absolute atomic E-state index is 9.70. The molecule has 0 heterocycles. The van der Waals surface area contributed by atoms with Crippen molar-refractivity contribution in [2.45, 2.75) is 65.0 Å². The molecule has 1 aliphatic carbocycles. The molecule has 1 atom stereocenters. The van der Waals surface area contributed by atoms with Gasteiger partial charge in [-0.1, -0.05) is 69.3 Å². The Morgan fingerprint density at radius 2 is 1.59 bits per heavy atom. The van der Waals surface area contributed by atoms with E-state index in [1.807, 2.05) is 19.1 Å². The predicted molar refractivity (Wildman–Crippen MR) is 134 cm³/mol. The highest BCUT2D eigenvalue weighted by molar-refractivity contribution is 6.00. The van der Waals surface area contributed by atoms with Crippen LogP contribution in [-0.4, -0.2) is 17.8 Å². The molecule has 0 radical (unpaired) electrons. The second kappa shape index (κ2) is 8.88. The van der Waals surface area contributed by atoms with Gasteiger partial charge in [0.05, 0.1) is 18.2 Å². The Balaban J connectivity index is 1.70. The largest absolute Gasteiger partial charge is 0.490 e. The van der Waals surface area contributed by atoms with Gasteiger partial charge in [-0.3, -0.25) is 0 Å². The summed E-state index contributed by atoms with van der Waals surface area (Å²) < 4.78 is 6.66. The Morgan fingerprint density at radius 3 is 2.22 bits per heavy atom. The maximum Gasteiger partial charge on any atom is 0.128 e. The molecule has 0 amide bonds. The van der Waals surface area contributed by atoms with E-state index in [-0.39, 0.29) is 12.7 Å². The zero-order chi connectivity index (χ0) is 22.9. The third kappa shape index (κ3) is 4.69. The first-order chi connectivity index (χ1) is 15.2. The first-order valence-corrected chi connectivity index (χ1v) is 11.9. The molecule has 4 rings (SSSR count). The van der Waals surface area contributed by atoms with Crippen molar-refractivity contribution in [2.24, 2.45) is 17.1 Å². The molecule has 3 aromatic rings. The molecule has 3 heteroatoms. The summed E-state index contributed by atoms with van der Waals surface area (Å²) in [7, 11) is 0. The van der Waals surface area contributed by atoms with Crippen LogP contribution in [0, 0.1) is 11.3 Å². The zero-order valence-electron chi connectivity index (χ0n) is 19.9. The Labute approximate surface area is 192 Å². The fourth-order valence-corrected chi connectivity index (χ4v) is 4.98. The first kappa shape index (κ1) is 22.8. The maximum atomic E-state index is 9.70. The monoisotopic (exact) mass is 431 g/mol. The average Bonchev–Trinajstić information content (AvgIpc) is 2.79. The lowest BCUT2D eigenvalue weighted by Crippen LogP contribution is -2.36. The minimum absolute atomic E-state index is 0.0948. The minimum Gasteiger partial charge on any atom is -0.490 e. The Kier molecular flexibility index (Phi) is 6.33. The van der Waals surface area contributed by atoms with Gasteiger partial charge in [0.15, 0.2) is 0 Å². The lowest BCUT2D eigenvalue weighted by molar-refractivity contribution is 0.0887. The van der Waals surface area contributed by atoms with Gasteiger partial charge in [-0.25, -0.2) is 0 Å². The van der Waals surface area contributed by atoms with E-state index in [2.05, 4.69) is 69.3 Å². The number of hydrogen-bond donors (Lipinski definition) is 2. The van der Waals surface area contributed by atoms with Crippen LogP contribution in [0.25, 0.3) is 21.9 Å². The number of aliphatic hydroxyl groups excluding tert-OH is 1. The van der Waals surface area contributed by atoms with E-state index in [0.29, 0.717) is 5.41 Å². The second-order valence-corrected chi connectivity index (χ2v) is 10.8. The SMILES string of the molecule is CC(N)(CO)c1ccc2c(-c3ccccc3)c(OC3CCC(C(C)(C)C)CC3)ccc2c1. The number of nitrogens with two attached hydrogens (primary N) is 1. The molecule has 1 unspecified atom stereocenters. The first-order valence-electron chi connectivity index (χ1n) is 11.9. The van der Waals surface area contributed by atoms with Gasteiger partial charge in [0.2, 0.25) is 0 Å². The average molecular weight is 432 g/mol. The molecule has 0 aliphatic heterocycles. The number of aliphatic hydroxyl groups is 1. The van der Waals surface area contributed by atoms with Gasteiger partial charge in [0.25, 0.3) is 0 Å². The van der Waals surface area contributed by atoms with Crippen LogP contribution in [0.4, 0.5) is 0 Å².